The molecule has 0 saturated carbocycles. The number of aromatic nitrogens is 1. The molecule has 0 unspecified atom stereocenters. The Morgan fingerprint density at radius 1 is 1.11 bits per heavy atom. The summed E-state index contributed by atoms with van der Waals surface area (Å²) < 4.78 is 93.2. The van der Waals surface area contributed by atoms with Gasteiger partial charge in [-0.25, -0.2) is 9.37 Å². The quantitative estimate of drug-likeness (QED) is 0.441. The predicted molar refractivity (Wildman–Crippen MR) is 84.4 cm³/mol. The first-order chi connectivity index (χ1) is 12.3. The molecular weight excluding hydrogens is 445 g/mol. The minimum Gasteiger partial charge on any atom is -0.241 e. The van der Waals surface area contributed by atoms with Crippen LogP contribution in [0.2, 0.25) is 0 Å². The Labute approximate surface area is 157 Å². The molecule has 1 aromatic carbocycles. The van der Waals surface area contributed by atoms with Crippen LogP contribution in [0.5, 0.6) is 0 Å². The van der Waals surface area contributed by atoms with Crippen molar-refractivity contribution in [3.63, 3.8) is 0 Å². The first kappa shape index (κ1) is 21.2. The van der Waals surface area contributed by atoms with Gasteiger partial charge in [-0.3, -0.25) is 0 Å². The molecule has 0 fully saturated rings. The van der Waals surface area contributed by atoms with Crippen molar-refractivity contribution in [2.75, 3.05) is 0 Å². The molecule has 0 saturated heterocycles. The molecule has 0 spiro atoms. The zero-order valence-electron chi connectivity index (χ0n) is 13.4. The van der Waals surface area contributed by atoms with E-state index in [0.717, 1.165) is 0 Å². The van der Waals surface area contributed by atoms with Crippen molar-refractivity contribution in [2.45, 2.75) is 31.4 Å². The molecule has 2 rings (SSSR count). The highest BCUT2D eigenvalue weighted by Gasteiger charge is 2.75. The largest absolute Gasteiger partial charge is 0.437 e. The molecule has 27 heavy (non-hydrogen) atoms. The summed E-state index contributed by atoms with van der Waals surface area (Å²) >= 11 is 2.67. The molecule has 0 bridgehead atoms. The van der Waals surface area contributed by atoms with Crippen LogP contribution in [0.1, 0.15) is 27.9 Å². The number of alkyl halides is 7. The van der Waals surface area contributed by atoms with Gasteiger partial charge in [0.15, 0.2) is 0 Å². The summed E-state index contributed by atoms with van der Waals surface area (Å²) in [5.74, 6) is 0. The highest BCUT2D eigenvalue weighted by atomic mass is 79.9. The van der Waals surface area contributed by atoms with Crippen LogP contribution in [-0.4, -0.2) is 17.3 Å². The van der Waals surface area contributed by atoms with Gasteiger partial charge in [0, 0.05) is 6.07 Å². The third-order valence-corrected chi connectivity index (χ3v) is 4.16. The normalized spacial score (nSPS) is 12.7. The maximum absolute atomic E-state index is 14.6. The average Bonchev–Trinajstić information content (AvgIpc) is 2.54. The molecule has 0 N–H and O–H groups in total. The molecule has 1 heterocycles. The van der Waals surface area contributed by atoms with E-state index < -0.39 is 40.3 Å². The number of rotatable bonds is 3. The maximum Gasteiger partial charge on any atom is 0.437 e. The second-order valence-corrected chi connectivity index (χ2v) is 6.37. The zero-order valence-corrected chi connectivity index (χ0v) is 15.0. The number of nitrogens with zero attached hydrogens (tertiary/aromatic N) is 2. The van der Waals surface area contributed by atoms with Gasteiger partial charge in [-0.15, -0.1) is 0 Å². The van der Waals surface area contributed by atoms with Crippen molar-refractivity contribution in [1.82, 2.24) is 4.98 Å². The van der Waals surface area contributed by atoms with E-state index in [9.17, 15) is 30.7 Å². The number of aryl methyl sites for hydroxylation is 1. The highest BCUT2D eigenvalue weighted by molar-refractivity contribution is 9.10. The molecule has 143 valence electrons. The van der Waals surface area contributed by atoms with Gasteiger partial charge < -0.3 is 0 Å². The highest BCUT2D eigenvalue weighted by Crippen LogP contribution is 2.54. The molecule has 10 heteroatoms. The second-order valence-electron chi connectivity index (χ2n) is 5.62. The molecular formula is C17H9BrF7N2. The van der Waals surface area contributed by atoms with Crippen molar-refractivity contribution in [2.24, 2.45) is 0 Å². The fourth-order valence-electron chi connectivity index (χ4n) is 2.49. The molecule has 0 atom stereocenters. The number of hydrogen-bond donors (Lipinski definition) is 0. The fraction of sp³-hybridized carbons (Fsp3) is 0.294. The fourth-order valence-corrected chi connectivity index (χ4v) is 2.96. The third kappa shape index (κ3) is 3.93. The van der Waals surface area contributed by atoms with Crippen molar-refractivity contribution in [3.05, 3.63) is 62.9 Å². The van der Waals surface area contributed by atoms with E-state index in [4.69, 9.17) is 5.26 Å². The minimum absolute atomic E-state index is 0.134. The first-order valence-corrected chi connectivity index (χ1v) is 8.00. The molecule has 2 nitrogen and oxygen atoms in total. The summed E-state index contributed by atoms with van der Waals surface area (Å²) in [6.07, 6.45) is -13.1. The van der Waals surface area contributed by atoms with E-state index >= 15 is 0 Å². The second kappa shape index (κ2) is 7.11. The summed E-state index contributed by atoms with van der Waals surface area (Å²) in [4.78, 5) is 3.16. The standard InChI is InChI=1S/C17H9BrF7N2/c1-9-5-13(18)27-14(15(19,16(20,21)22)17(23,24)25)12(9)7-10-3-2-4-11(6-10)8-26/h2-4,6H,7H2,1H3. The summed E-state index contributed by atoms with van der Waals surface area (Å²) in [5, 5.41) is 8.88. The minimum atomic E-state index is -6.28. The van der Waals surface area contributed by atoms with Crippen molar-refractivity contribution in [3.8, 4) is 6.07 Å². The van der Waals surface area contributed by atoms with E-state index in [0.29, 0.717) is 0 Å². The van der Waals surface area contributed by atoms with Gasteiger partial charge in [0.1, 0.15) is 10.3 Å². The molecule has 2 aromatic rings. The molecule has 0 aliphatic rings. The van der Waals surface area contributed by atoms with Crippen LogP contribution in [-0.2, 0) is 12.1 Å². The smallest absolute Gasteiger partial charge is 0.241 e. The lowest BCUT2D eigenvalue weighted by molar-refractivity contribution is -0.350. The Kier molecular flexibility index (Phi) is 5.57. The summed E-state index contributed by atoms with van der Waals surface area (Å²) in [7, 11) is 0. The Morgan fingerprint density at radius 2 is 1.70 bits per heavy atom. The average molecular weight is 454 g/mol. The van der Waals surface area contributed by atoms with Gasteiger partial charge >= 0.3 is 18.0 Å². The lowest BCUT2D eigenvalue weighted by Crippen LogP contribution is -2.51. The van der Waals surface area contributed by atoms with Crippen LogP contribution in [0, 0.1) is 24.3 Å². The Bertz CT molecular complexity index is 884. The number of pyridine rings is 1. The van der Waals surface area contributed by atoms with Crippen LogP contribution in [0.25, 0.3) is 0 Å². The van der Waals surface area contributed by atoms with Crippen LogP contribution < -0.4 is 0 Å². The summed E-state index contributed by atoms with van der Waals surface area (Å²) in [5.41, 5.74) is -7.82. The number of nitriles is 1. The SMILES string of the molecule is Cc1[c]c(Br)nc(C(F)(C(F)(F)F)C(F)(F)F)c1Cc1cccc(C#N)c1. The molecule has 1 radical (unpaired) electrons. The van der Waals surface area contributed by atoms with Crippen molar-refractivity contribution >= 4 is 15.9 Å². The molecule has 0 aliphatic heterocycles. The summed E-state index contributed by atoms with van der Waals surface area (Å²) in [6, 6.07) is 9.75. The van der Waals surface area contributed by atoms with Crippen molar-refractivity contribution in [1.29, 1.82) is 5.26 Å². The van der Waals surface area contributed by atoms with Gasteiger partial charge in [-0.2, -0.15) is 31.6 Å². The van der Waals surface area contributed by atoms with E-state index in [2.05, 4.69) is 27.0 Å². The van der Waals surface area contributed by atoms with Gasteiger partial charge in [-0.05, 0) is 58.1 Å². The number of halogens is 8. The summed E-state index contributed by atoms with van der Waals surface area (Å²) in [6.45, 7) is 1.20. The third-order valence-electron chi connectivity index (χ3n) is 3.78. The Hall–Kier alpha value is -2.15. The number of hydrogen-bond acceptors (Lipinski definition) is 2. The van der Waals surface area contributed by atoms with E-state index in [1.54, 1.807) is 6.07 Å². The van der Waals surface area contributed by atoms with Gasteiger partial charge in [0.2, 0.25) is 0 Å². The topological polar surface area (TPSA) is 36.7 Å². The lowest BCUT2D eigenvalue weighted by Gasteiger charge is -2.31. The molecule has 1 aromatic heterocycles. The number of benzene rings is 1. The first-order valence-electron chi connectivity index (χ1n) is 7.21. The zero-order chi connectivity index (χ0) is 20.6. The van der Waals surface area contributed by atoms with Crippen LogP contribution >= 0.6 is 15.9 Å². The maximum atomic E-state index is 14.6. The molecule has 0 aliphatic carbocycles. The Morgan fingerprint density at radius 3 is 2.22 bits per heavy atom. The lowest BCUT2D eigenvalue weighted by atomic mass is 9.89. The van der Waals surface area contributed by atoms with Crippen LogP contribution in [0.15, 0.2) is 28.9 Å². The van der Waals surface area contributed by atoms with Crippen LogP contribution in [0.3, 0.4) is 0 Å². The van der Waals surface area contributed by atoms with Gasteiger partial charge in [0.25, 0.3) is 0 Å². The monoisotopic (exact) mass is 453 g/mol. The predicted octanol–water partition coefficient (Wildman–Crippen LogP) is 5.70. The van der Waals surface area contributed by atoms with E-state index in [-0.39, 0.29) is 16.7 Å². The van der Waals surface area contributed by atoms with E-state index in [1.807, 2.05) is 0 Å². The Balaban J connectivity index is 2.75. The molecule has 0 amide bonds. The van der Waals surface area contributed by atoms with Crippen LogP contribution in [0.4, 0.5) is 30.7 Å². The van der Waals surface area contributed by atoms with Gasteiger partial charge in [0.05, 0.1) is 11.6 Å². The van der Waals surface area contributed by atoms with Gasteiger partial charge in [-0.1, -0.05) is 12.1 Å². The van der Waals surface area contributed by atoms with Crippen molar-refractivity contribution < 1.29 is 30.7 Å². The van der Waals surface area contributed by atoms with E-state index in [1.165, 1.54) is 31.2 Å².